The number of aryl methyl sites for hydroxylation is 1. The Morgan fingerprint density at radius 3 is 2.85 bits per heavy atom. The second-order valence-corrected chi connectivity index (χ2v) is 6.60. The van der Waals surface area contributed by atoms with Crippen LogP contribution in [0.1, 0.15) is 58.6 Å². The van der Waals surface area contributed by atoms with Gasteiger partial charge in [0.1, 0.15) is 17.3 Å². The Bertz CT molecular complexity index is 578. The van der Waals surface area contributed by atoms with E-state index in [4.69, 9.17) is 4.74 Å². The van der Waals surface area contributed by atoms with E-state index in [1.165, 1.54) is 22.9 Å². The molecule has 0 amide bonds. The molecular formula is C13H17N3O2S2. The number of aromatic nitrogens is 3. The highest BCUT2D eigenvalue weighted by molar-refractivity contribution is 7.13. The van der Waals surface area contributed by atoms with E-state index in [1.54, 1.807) is 6.20 Å². The van der Waals surface area contributed by atoms with Gasteiger partial charge in [0.2, 0.25) is 0 Å². The summed E-state index contributed by atoms with van der Waals surface area (Å²) in [6, 6.07) is 0. The average Bonchev–Trinajstić information content (AvgIpc) is 3.05. The molecule has 0 aromatic carbocycles. The van der Waals surface area contributed by atoms with Gasteiger partial charge in [-0.15, -0.1) is 11.3 Å². The average molecular weight is 311 g/mol. The first-order valence-electron chi connectivity index (χ1n) is 6.54. The Morgan fingerprint density at radius 2 is 2.20 bits per heavy atom. The standard InChI is InChI=1S/C13H17N3O2S2/c1-4-5-10-14-6-9(19-10)13(17)18-7-11-15-12(8(2)3)16-20-11/h6,8H,4-5,7H2,1-3H3. The lowest BCUT2D eigenvalue weighted by Gasteiger charge is -1.99. The first-order chi connectivity index (χ1) is 9.60. The van der Waals surface area contributed by atoms with E-state index in [0.29, 0.717) is 4.88 Å². The quantitative estimate of drug-likeness (QED) is 0.765. The third kappa shape index (κ3) is 3.83. The van der Waals surface area contributed by atoms with Crippen molar-refractivity contribution < 1.29 is 9.53 Å². The number of carbonyl (C=O) groups is 1. The number of hydrogen-bond donors (Lipinski definition) is 0. The lowest BCUT2D eigenvalue weighted by atomic mass is 10.2. The first-order valence-corrected chi connectivity index (χ1v) is 8.13. The van der Waals surface area contributed by atoms with Gasteiger partial charge in [0.25, 0.3) is 0 Å². The van der Waals surface area contributed by atoms with Gasteiger partial charge in [-0.1, -0.05) is 20.8 Å². The van der Waals surface area contributed by atoms with Gasteiger partial charge in [0.15, 0.2) is 5.01 Å². The summed E-state index contributed by atoms with van der Waals surface area (Å²) in [6.07, 6.45) is 3.49. The number of nitrogens with zero attached hydrogens (tertiary/aromatic N) is 3. The van der Waals surface area contributed by atoms with Crippen molar-refractivity contribution in [1.29, 1.82) is 0 Å². The van der Waals surface area contributed by atoms with Gasteiger partial charge in [0.05, 0.1) is 11.2 Å². The molecule has 0 aliphatic rings. The van der Waals surface area contributed by atoms with Gasteiger partial charge < -0.3 is 4.74 Å². The predicted molar refractivity (Wildman–Crippen MR) is 79.2 cm³/mol. The van der Waals surface area contributed by atoms with Crippen LogP contribution in [0.4, 0.5) is 0 Å². The molecule has 7 heteroatoms. The predicted octanol–water partition coefficient (Wildman–Crippen LogP) is 3.43. The van der Waals surface area contributed by atoms with Crippen LogP contribution in [0.25, 0.3) is 0 Å². The third-order valence-electron chi connectivity index (χ3n) is 2.55. The molecule has 0 unspecified atom stereocenters. The number of esters is 1. The minimum absolute atomic E-state index is 0.171. The molecule has 0 aliphatic heterocycles. The third-order valence-corrected chi connectivity index (χ3v) is 4.28. The van der Waals surface area contributed by atoms with Crippen LogP contribution < -0.4 is 0 Å². The minimum Gasteiger partial charge on any atom is -0.454 e. The van der Waals surface area contributed by atoms with Crippen molar-refractivity contribution in [3.05, 3.63) is 26.9 Å². The van der Waals surface area contributed by atoms with Crippen LogP contribution in [0, 0.1) is 0 Å². The second kappa shape index (κ2) is 6.90. The maximum Gasteiger partial charge on any atom is 0.350 e. The van der Waals surface area contributed by atoms with Crippen molar-refractivity contribution in [2.75, 3.05) is 0 Å². The zero-order valence-corrected chi connectivity index (χ0v) is 13.4. The first kappa shape index (κ1) is 15.1. The smallest absolute Gasteiger partial charge is 0.350 e. The molecule has 20 heavy (non-hydrogen) atoms. The highest BCUT2D eigenvalue weighted by Gasteiger charge is 2.14. The molecule has 2 heterocycles. The Hall–Kier alpha value is -1.34. The van der Waals surface area contributed by atoms with Gasteiger partial charge in [-0.3, -0.25) is 0 Å². The summed E-state index contributed by atoms with van der Waals surface area (Å²) < 4.78 is 9.46. The van der Waals surface area contributed by atoms with E-state index in [0.717, 1.165) is 28.7 Å². The van der Waals surface area contributed by atoms with E-state index >= 15 is 0 Å². The molecule has 0 aliphatic carbocycles. The van der Waals surface area contributed by atoms with Crippen LogP contribution in [-0.4, -0.2) is 20.3 Å². The molecule has 0 spiro atoms. The van der Waals surface area contributed by atoms with Crippen LogP contribution in [0.15, 0.2) is 6.20 Å². The summed E-state index contributed by atoms with van der Waals surface area (Å²) in [5.41, 5.74) is 0. The SMILES string of the molecule is CCCc1ncc(C(=O)OCc2nc(C(C)C)ns2)s1. The Morgan fingerprint density at radius 1 is 1.40 bits per heavy atom. The molecule has 2 aromatic heterocycles. The zero-order valence-electron chi connectivity index (χ0n) is 11.8. The highest BCUT2D eigenvalue weighted by Crippen LogP contribution is 2.18. The van der Waals surface area contributed by atoms with Gasteiger partial charge in [-0.2, -0.15) is 4.37 Å². The summed E-state index contributed by atoms with van der Waals surface area (Å²) in [5.74, 6) is 0.740. The molecule has 0 radical (unpaired) electrons. The maximum atomic E-state index is 11.9. The number of thiazole rings is 1. The van der Waals surface area contributed by atoms with Crippen molar-refractivity contribution >= 4 is 28.8 Å². The molecule has 0 saturated carbocycles. The van der Waals surface area contributed by atoms with Crippen molar-refractivity contribution in [2.45, 2.75) is 46.1 Å². The molecule has 0 atom stereocenters. The highest BCUT2D eigenvalue weighted by atomic mass is 32.1. The summed E-state index contributed by atoms with van der Waals surface area (Å²) in [4.78, 5) is 21.0. The molecular weight excluding hydrogens is 294 g/mol. The Balaban J connectivity index is 1.90. The minimum atomic E-state index is -0.342. The Kier molecular flexibility index (Phi) is 5.19. The Labute approximate surface area is 126 Å². The topological polar surface area (TPSA) is 65.0 Å². The number of carbonyl (C=O) groups excluding carboxylic acids is 1. The summed E-state index contributed by atoms with van der Waals surface area (Å²) >= 11 is 2.67. The van der Waals surface area contributed by atoms with Crippen molar-refractivity contribution in [1.82, 2.24) is 14.3 Å². The molecule has 2 aromatic rings. The van der Waals surface area contributed by atoms with E-state index in [-0.39, 0.29) is 18.5 Å². The molecule has 0 bridgehead atoms. The van der Waals surface area contributed by atoms with Gasteiger partial charge in [0, 0.05) is 5.92 Å². The van der Waals surface area contributed by atoms with Crippen molar-refractivity contribution in [2.24, 2.45) is 0 Å². The van der Waals surface area contributed by atoms with Crippen molar-refractivity contribution in [3.63, 3.8) is 0 Å². The van der Waals surface area contributed by atoms with E-state index in [9.17, 15) is 4.79 Å². The van der Waals surface area contributed by atoms with E-state index in [1.807, 2.05) is 13.8 Å². The maximum absolute atomic E-state index is 11.9. The fourth-order valence-corrected chi connectivity index (χ4v) is 3.10. The summed E-state index contributed by atoms with van der Waals surface area (Å²) in [7, 11) is 0. The molecule has 5 nitrogen and oxygen atoms in total. The molecule has 0 fully saturated rings. The molecule has 0 saturated heterocycles. The molecule has 0 N–H and O–H groups in total. The van der Waals surface area contributed by atoms with Crippen molar-refractivity contribution in [3.8, 4) is 0 Å². The summed E-state index contributed by atoms with van der Waals surface area (Å²) in [6.45, 7) is 6.32. The van der Waals surface area contributed by atoms with Crippen LogP contribution in [0.2, 0.25) is 0 Å². The molecule has 108 valence electrons. The number of hydrogen-bond acceptors (Lipinski definition) is 7. The monoisotopic (exact) mass is 311 g/mol. The van der Waals surface area contributed by atoms with Gasteiger partial charge >= 0.3 is 5.97 Å². The number of rotatable bonds is 6. The van der Waals surface area contributed by atoms with E-state index in [2.05, 4.69) is 21.3 Å². The van der Waals surface area contributed by atoms with Gasteiger partial charge in [-0.25, -0.2) is 14.8 Å². The summed E-state index contributed by atoms with van der Waals surface area (Å²) in [5, 5.41) is 1.69. The largest absolute Gasteiger partial charge is 0.454 e. The zero-order chi connectivity index (χ0) is 14.5. The molecule has 2 rings (SSSR count). The van der Waals surface area contributed by atoms with Crippen LogP contribution in [0.5, 0.6) is 0 Å². The van der Waals surface area contributed by atoms with E-state index < -0.39 is 0 Å². The lowest BCUT2D eigenvalue weighted by molar-refractivity contribution is 0.0478. The van der Waals surface area contributed by atoms with Crippen LogP contribution in [0.3, 0.4) is 0 Å². The fourth-order valence-electron chi connectivity index (χ4n) is 1.49. The number of ether oxygens (including phenoxy) is 1. The second-order valence-electron chi connectivity index (χ2n) is 4.65. The lowest BCUT2D eigenvalue weighted by Crippen LogP contribution is -2.03. The fraction of sp³-hybridized carbons (Fsp3) is 0.538. The van der Waals surface area contributed by atoms with Gasteiger partial charge in [-0.05, 0) is 24.4 Å². The van der Waals surface area contributed by atoms with Crippen LogP contribution >= 0.6 is 22.9 Å². The van der Waals surface area contributed by atoms with Crippen LogP contribution in [-0.2, 0) is 17.8 Å². The normalized spacial score (nSPS) is 11.0.